The van der Waals surface area contributed by atoms with Gasteiger partial charge in [0.2, 0.25) is 5.43 Å². The zero-order chi connectivity index (χ0) is 13.8. The number of rotatable bonds is 2. The smallest absolute Gasteiger partial charge is 0.414 e. The highest BCUT2D eigenvalue weighted by atomic mass is 16.5. The van der Waals surface area contributed by atoms with E-state index in [1.807, 2.05) is 5.32 Å². The lowest BCUT2D eigenvalue weighted by molar-refractivity contribution is 0.0922. The van der Waals surface area contributed by atoms with E-state index in [0.717, 1.165) is 6.26 Å². The van der Waals surface area contributed by atoms with Crippen molar-refractivity contribution in [2.24, 2.45) is 0 Å². The molecule has 6 nitrogen and oxygen atoms in total. The van der Waals surface area contributed by atoms with E-state index in [0.29, 0.717) is 5.58 Å². The van der Waals surface area contributed by atoms with Crippen molar-refractivity contribution in [2.75, 3.05) is 6.61 Å². The molecule has 0 unspecified atom stereocenters. The zero-order valence-electron chi connectivity index (χ0n) is 10.1. The summed E-state index contributed by atoms with van der Waals surface area (Å²) >= 11 is 0. The highest BCUT2D eigenvalue weighted by Gasteiger charge is 2.16. The lowest BCUT2D eigenvalue weighted by atomic mass is 10.1. The molecule has 0 radical (unpaired) electrons. The van der Waals surface area contributed by atoms with Crippen LogP contribution in [0.3, 0.4) is 0 Å². The third kappa shape index (κ3) is 2.62. The third-order valence-corrected chi connectivity index (χ3v) is 2.42. The van der Waals surface area contributed by atoms with Gasteiger partial charge in [0.05, 0.1) is 12.0 Å². The van der Waals surface area contributed by atoms with Gasteiger partial charge in [0.15, 0.2) is 0 Å². The quantitative estimate of drug-likeness (QED) is 0.888. The fraction of sp³-hybridized carbons (Fsp3) is 0.154. The SMILES string of the molecule is CCOC(=O)NC(=O)c1coc2ccccc2c1=O. The number of hydrogen-bond donors (Lipinski definition) is 1. The van der Waals surface area contributed by atoms with Crippen molar-refractivity contribution in [3.63, 3.8) is 0 Å². The number of carbonyl (C=O) groups excluding carboxylic acids is 2. The molecular weight excluding hydrogens is 250 g/mol. The molecule has 98 valence electrons. The van der Waals surface area contributed by atoms with Crippen molar-refractivity contribution >= 4 is 23.0 Å². The second-order valence-electron chi connectivity index (χ2n) is 3.65. The first kappa shape index (κ1) is 12.8. The van der Waals surface area contributed by atoms with Crippen LogP contribution in [0.25, 0.3) is 11.0 Å². The van der Waals surface area contributed by atoms with Crippen LogP contribution >= 0.6 is 0 Å². The molecular formula is C13H11NO5. The minimum atomic E-state index is -0.903. The molecule has 0 bridgehead atoms. The molecule has 2 aromatic rings. The van der Waals surface area contributed by atoms with Gasteiger partial charge in [-0.2, -0.15) is 0 Å². The van der Waals surface area contributed by atoms with Crippen LogP contribution in [0.2, 0.25) is 0 Å². The lowest BCUT2D eigenvalue weighted by Crippen LogP contribution is -2.34. The molecule has 2 rings (SSSR count). The summed E-state index contributed by atoms with van der Waals surface area (Å²) in [7, 11) is 0. The normalized spacial score (nSPS) is 10.2. The summed E-state index contributed by atoms with van der Waals surface area (Å²) in [5, 5.41) is 2.22. The molecule has 1 aromatic carbocycles. The minimum absolute atomic E-state index is 0.130. The third-order valence-electron chi connectivity index (χ3n) is 2.42. The molecule has 0 aliphatic rings. The number of amides is 2. The molecule has 1 heterocycles. The van der Waals surface area contributed by atoms with Gasteiger partial charge < -0.3 is 9.15 Å². The average molecular weight is 261 g/mol. The van der Waals surface area contributed by atoms with Gasteiger partial charge in [0, 0.05) is 0 Å². The zero-order valence-corrected chi connectivity index (χ0v) is 10.1. The van der Waals surface area contributed by atoms with Crippen molar-refractivity contribution in [3.8, 4) is 0 Å². The number of fused-ring (bicyclic) bond motifs is 1. The Morgan fingerprint density at radius 1 is 1.32 bits per heavy atom. The summed E-state index contributed by atoms with van der Waals surface area (Å²) < 4.78 is 9.73. The predicted octanol–water partition coefficient (Wildman–Crippen LogP) is 1.68. The Hall–Kier alpha value is -2.63. The Kier molecular flexibility index (Phi) is 3.61. The van der Waals surface area contributed by atoms with E-state index in [9.17, 15) is 14.4 Å². The van der Waals surface area contributed by atoms with Gasteiger partial charge in [-0.25, -0.2) is 4.79 Å². The summed E-state index contributed by atoms with van der Waals surface area (Å²) in [4.78, 5) is 34.9. The van der Waals surface area contributed by atoms with Crippen molar-refractivity contribution < 1.29 is 18.7 Å². The summed E-state index contributed by atoms with van der Waals surface area (Å²) in [6.07, 6.45) is 0.124. The minimum Gasteiger partial charge on any atom is -0.463 e. The van der Waals surface area contributed by atoms with Crippen LogP contribution in [0.4, 0.5) is 4.79 Å². The van der Waals surface area contributed by atoms with Crippen molar-refractivity contribution in [1.82, 2.24) is 5.32 Å². The first-order valence-corrected chi connectivity index (χ1v) is 5.62. The van der Waals surface area contributed by atoms with Gasteiger partial charge in [-0.3, -0.25) is 14.9 Å². The van der Waals surface area contributed by atoms with Crippen LogP contribution in [0, 0.1) is 0 Å². The fourth-order valence-corrected chi connectivity index (χ4v) is 1.56. The van der Waals surface area contributed by atoms with Crippen LogP contribution in [-0.4, -0.2) is 18.6 Å². The van der Waals surface area contributed by atoms with E-state index in [4.69, 9.17) is 4.42 Å². The maximum absolute atomic E-state index is 12.0. The second kappa shape index (κ2) is 5.34. The molecule has 0 saturated carbocycles. The largest absolute Gasteiger partial charge is 0.463 e. The van der Waals surface area contributed by atoms with Crippen molar-refractivity contribution in [3.05, 3.63) is 46.3 Å². The van der Waals surface area contributed by atoms with Gasteiger partial charge in [-0.05, 0) is 19.1 Å². The number of nitrogens with one attached hydrogen (secondary N) is 1. The monoisotopic (exact) mass is 261 g/mol. The summed E-state index contributed by atoms with van der Waals surface area (Å²) in [5.74, 6) is -0.849. The number of alkyl carbamates (subject to hydrolysis) is 1. The van der Waals surface area contributed by atoms with Gasteiger partial charge in [0.25, 0.3) is 5.91 Å². The van der Waals surface area contributed by atoms with Crippen LogP contribution in [0.5, 0.6) is 0 Å². The first-order chi connectivity index (χ1) is 9.13. The number of hydrogen-bond acceptors (Lipinski definition) is 5. The molecule has 19 heavy (non-hydrogen) atoms. The molecule has 0 saturated heterocycles. The van der Waals surface area contributed by atoms with E-state index in [1.54, 1.807) is 31.2 Å². The van der Waals surface area contributed by atoms with Crippen molar-refractivity contribution in [2.45, 2.75) is 6.92 Å². The molecule has 0 aliphatic heterocycles. The average Bonchev–Trinajstić information content (AvgIpc) is 2.39. The number of para-hydroxylation sites is 1. The Balaban J connectivity index is 2.35. The van der Waals surface area contributed by atoms with E-state index in [-0.39, 0.29) is 17.6 Å². The molecule has 0 aliphatic carbocycles. The van der Waals surface area contributed by atoms with Crippen LogP contribution in [0.1, 0.15) is 17.3 Å². The van der Waals surface area contributed by atoms with Crippen molar-refractivity contribution in [1.29, 1.82) is 0 Å². The maximum atomic E-state index is 12.0. The molecule has 1 N–H and O–H groups in total. The molecule has 0 fully saturated rings. The van der Waals surface area contributed by atoms with Gasteiger partial charge in [-0.1, -0.05) is 12.1 Å². The van der Waals surface area contributed by atoms with Gasteiger partial charge in [-0.15, -0.1) is 0 Å². The Labute approximate surface area is 108 Å². The van der Waals surface area contributed by atoms with E-state index in [2.05, 4.69) is 4.74 Å². The molecule has 0 spiro atoms. The Morgan fingerprint density at radius 3 is 2.79 bits per heavy atom. The van der Waals surface area contributed by atoms with E-state index < -0.39 is 17.4 Å². The summed E-state index contributed by atoms with van der Waals surface area (Å²) in [6, 6.07) is 6.53. The van der Waals surface area contributed by atoms with Crippen LogP contribution in [-0.2, 0) is 4.74 Å². The van der Waals surface area contributed by atoms with Crippen LogP contribution in [0.15, 0.2) is 39.7 Å². The number of imide groups is 1. The summed E-state index contributed by atoms with van der Waals surface area (Å²) in [6.45, 7) is 1.74. The standard InChI is InChI=1S/C13H11NO5/c1-2-18-13(17)14-12(16)9-7-19-10-6-4-3-5-8(10)11(9)15/h3-7H,2H2,1H3,(H,14,16,17). The highest BCUT2D eigenvalue weighted by Crippen LogP contribution is 2.10. The van der Waals surface area contributed by atoms with Crippen LogP contribution < -0.4 is 10.7 Å². The highest BCUT2D eigenvalue weighted by molar-refractivity contribution is 6.03. The van der Waals surface area contributed by atoms with E-state index in [1.165, 1.54) is 0 Å². The molecule has 6 heteroatoms. The first-order valence-electron chi connectivity index (χ1n) is 5.62. The predicted molar refractivity (Wildman–Crippen MR) is 67.0 cm³/mol. The van der Waals surface area contributed by atoms with Gasteiger partial charge in [0.1, 0.15) is 17.4 Å². The second-order valence-corrected chi connectivity index (χ2v) is 3.65. The Bertz CT molecular complexity index is 689. The molecule has 0 atom stereocenters. The Morgan fingerprint density at radius 2 is 2.05 bits per heavy atom. The number of benzene rings is 1. The lowest BCUT2D eigenvalue weighted by Gasteiger charge is -2.04. The molecule has 1 aromatic heterocycles. The summed E-state index contributed by atoms with van der Waals surface area (Å²) in [5.41, 5.74) is -0.365. The molecule has 2 amide bonds. The van der Waals surface area contributed by atoms with E-state index >= 15 is 0 Å². The topological polar surface area (TPSA) is 85.6 Å². The number of carbonyl (C=O) groups is 2. The maximum Gasteiger partial charge on any atom is 0.414 e. The van der Waals surface area contributed by atoms with Gasteiger partial charge >= 0.3 is 6.09 Å². The fourth-order valence-electron chi connectivity index (χ4n) is 1.56. The number of ether oxygens (including phenoxy) is 1.